The lowest BCUT2D eigenvalue weighted by Crippen LogP contribution is -2.28. The van der Waals surface area contributed by atoms with E-state index in [4.69, 9.17) is 0 Å². The largest absolute Gasteiger partial charge is 0.352 e. The van der Waals surface area contributed by atoms with Gasteiger partial charge in [0.15, 0.2) is 0 Å². The van der Waals surface area contributed by atoms with Crippen LogP contribution < -0.4 is 10.6 Å². The first kappa shape index (κ1) is 19.0. The predicted octanol–water partition coefficient (Wildman–Crippen LogP) is 3.94. The monoisotopic (exact) mass is 360 g/mol. The predicted molar refractivity (Wildman–Crippen MR) is 99.4 cm³/mol. The van der Waals surface area contributed by atoms with Gasteiger partial charge in [-0.2, -0.15) is 0 Å². The van der Waals surface area contributed by atoms with Crippen LogP contribution >= 0.6 is 11.8 Å². The van der Waals surface area contributed by atoms with Crippen LogP contribution in [0.5, 0.6) is 0 Å². The Hall–Kier alpha value is -2.34. The van der Waals surface area contributed by atoms with Crippen molar-refractivity contribution in [3.63, 3.8) is 0 Å². The van der Waals surface area contributed by atoms with Crippen molar-refractivity contribution in [2.75, 3.05) is 17.6 Å². The summed E-state index contributed by atoms with van der Waals surface area (Å²) >= 11 is 1.12. The molecule has 2 N–H and O–H groups in total. The number of hydrogen-bond donors (Lipinski definition) is 2. The molecule has 2 rings (SSSR count). The molecule has 0 fully saturated rings. The summed E-state index contributed by atoms with van der Waals surface area (Å²) in [7, 11) is 0. The van der Waals surface area contributed by atoms with E-state index in [-0.39, 0.29) is 23.4 Å². The average molecular weight is 360 g/mol. The van der Waals surface area contributed by atoms with Crippen molar-refractivity contribution in [2.45, 2.75) is 18.7 Å². The molecule has 0 unspecified atom stereocenters. The van der Waals surface area contributed by atoms with Gasteiger partial charge in [0.1, 0.15) is 5.82 Å². The first-order valence-electron chi connectivity index (χ1n) is 8.01. The fourth-order valence-electron chi connectivity index (χ4n) is 2.07. The third-order valence-corrected chi connectivity index (χ3v) is 4.36. The number of carbonyl (C=O) groups is 2. The zero-order chi connectivity index (χ0) is 18.2. The molecule has 0 aromatic heterocycles. The van der Waals surface area contributed by atoms with E-state index in [1.54, 1.807) is 42.5 Å². The van der Waals surface area contributed by atoms with Gasteiger partial charge in [0.2, 0.25) is 5.91 Å². The minimum absolute atomic E-state index is 0.0584. The Labute approximate surface area is 151 Å². The van der Waals surface area contributed by atoms with Gasteiger partial charge in [-0.1, -0.05) is 38.1 Å². The molecule has 0 aliphatic heterocycles. The molecule has 0 aliphatic carbocycles. The van der Waals surface area contributed by atoms with E-state index in [0.717, 1.165) is 11.8 Å². The standard InChI is InChI=1S/C19H21FN2O2S/c1-13(2)11-21-19(24)14-7-3-5-9-16(14)22-18(23)12-25-17-10-6-4-8-15(17)20/h3-10,13H,11-12H2,1-2H3,(H,21,24)(H,22,23). The number of carbonyl (C=O) groups excluding carboxylic acids is 2. The number of nitrogens with one attached hydrogen (secondary N) is 2. The average Bonchev–Trinajstić information content (AvgIpc) is 2.59. The molecule has 0 saturated heterocycles. The van der Waals surface area contributed by atoms with Crippen molar-refractivity contribution in [1.82, 2.24) is 5.32 Å². The molecule has 2 aromatic rings. The molecular formula is C19H21FN2O2S. The second-order valence-corrected chi connectivity index (χ2v) is 6.93. The van der Waals surface area contributed by atoms with Gasteiger partial charge in [-0.25, -0.2) is 4.39 Å². The summed E-state index contributed by atoms with van der Waals surface area (Å²) in [4.78, 5) is 24.8. The van der Waals surface area contributed by atoms with Crippen molar-refractivity contribution >= 4 is 29.3 Å². The minimum Gasteiger partial charge on any atom is -0.352 e. The molecule has 2 aromatic carbocycles. The SMILES string of the molecule is CC(C)CNC(=O)c1ccccc1NC(=O)CSc1ccccc1F. The maximum atomic E-state index is 13.6. The molecular weight excluding hydrogens is 339 g/mol. The Balaban J connectivity index is 1.98. The molecule has 0 bridgehead atoms. The Kier molecular flexibility index (Phi) is 7.01. The van der Waals surface area contributed by atoms with Gasteiger partial charge in [0.05, 0.1) is 17.0 Å². The van der Waals surface area contributed by atoms with Crippen LogP contribution in [0, 0.1) is 11.7 Å². The summed E-state index contributed by atoms with van der Waals surface area (Å²) in [5, 5.41) is 5.56. The number of thioether (sulfide) groups is 1. The number of rotatable bonds is 7. The highest BCUT2D eigenvalue weighted by Crippen LogP contribution is 2.22. The Morgan fingerprint density at radius 1 is 1.08 bits per heavy atom. The number of hydrogen-bond acceptors (Lipinski definition) is 3. The zero-order valence-corrected chi connectivity index (χ0v) is 15.0. The van der Waals surface area contributed by atoms with Crippen molar-refractivity contribution in [1.29, 1.82) is 0 Å². The van der Waals surface area contributed by atoms with Gasteiger partial charge in [-0.15, -0.1) is 11.8 Å². The van der Waals surface area contributed by atoms with Crippen LogP contribution in [0.1, 0.15) is 24.2 Å². The number of anilines is 1. The summed E-state index contributed by atoms with van der Waals surface area (Å²) in [5.74, 6) is -0.483. The highest BCUT2D eigenvalue weighted by molar-refractivity contribution is 8.00. The Bertz CT molecular complexity index is 750. The molecule has 132 valence electrons. The zero-order valence-electron chi connectivity index (χ0n) is 14.2. The molecule has 0 spiro atoms. The number of para-hydroxylation sites is 1. The normalized spacial score (nSPS) is 10.6. The highest BCUT2D eigenvalue weighted by atomic mass is 32.2. The Morgan fingerprint density at radius 2 is 1.76 bits per heavy atom. The first-order chi connectivity index (χ1) is 12.0. The van der Waals surface area contributed by atoms with E-state index in [1.165, 1.54) is 6.07 Å². The van der Waals surface area contributed by atoms with Gasteiger partial charge in [-0.05, 0) is 30.2 Å². The fraction of sp³-hybridized carbons (Fsp3) is 0.263. The van der Waals surface area contributed by atoms with Crippen LogP contribution in [-0.4, -0.2) is 24.1 Å². The number of benzene rings is 2. The summed E-state index contributed by atoms with van der Waals surface area (Å²) in [5.41, 5.74) is 0.857. The molecule has 2 amide bonds. The number of halogens is 1. The fourth-order valence-corrected chi connectivity index (χ4v) is 2.81. The third-order valence-electron chi connectivity index (χ3n) is 3.31. The van der Waals surface area contributed by atoms with E-state index in [9.17, 15) is 14.0 Å². The van der Waals surface area contributed by atoms with Crippen LogP contribution in [0.15, 0.2) is 53.4 Å². The molecule has 4 nitrogen and oxygen atoms in total. The first-order valence-corrected chi connectivity index (χ1v) is 9.00. The van der Waals surface area contributed by atoms with Crippen LogP contribution in [0.2, 0.25) is 0 Å². The lowest BCUT2D eigenvalue weighted by Gasteiger charge is -2.12. The van der Waals surface area contributed by atoms with E-state index < -0.39 is 0 Å². The maximum Gasteiger partial charge on any atom is 0.253 e. The molecule has 0 saturated carbocycles. The Morgan fingerprint density at radius 3 is 2.48 bits per heavy atom. The van der Waals surface area contributed by atoms with Crippen molar-refractivity contribution in [3.8, 4) is 0 Å². The van der Waals surface area contributed by atoms with Crippen LogP contribution in [0.4, 0.5) is 10.1 Å². The lowest BCUT2D eigenvalue weighted by molar-refractivity contribution is -0.113. The van der Waals surface area contributed by atoms with Crippen LogP contribution in [-0.2, 0) is 4.79 Å². The molecule has 0 aliphatic rings. The molecule has 0 atom stereocenters. The van der Waals surface area contributed by atoms with Crippen molar-refractivity contribution < 1.29 is 14.0 Å². The smallest absolute Gasteiger partial charge is 0.253 e. The van der Waals surface area contributed by atoms with E-state index >= 15 is 0 Å². The molecule has 6 heteroatoms. The van der Waals surface area contributed by atoms with Gasteiger partial charge < -0.3 is 10.6 Å². The maximum absolute atomic E-state index is 13.6. The molecule has 0 radical (unpaired) electrons. The van der Waals surface area contributed by atoms with Gasteiger partial charge >= 0.3 is 0 Å². The quantitative estimate of drug-likeness (QED) is 0.735. The van der Waals surface area contributed by atoms with E-state index in [0.29, 0.717) is 28.6 Å². The van der Waals surface area contributed by atoms with Gasteiger partial charge in [0.25, 0.3) is 5.91 Å². The van der Waals surface area contributed by atoms with E-state index in [2.05, 4.69) is 10.6 Å². The summed E-state index contributed by atoms with van der Waals surface area (Å²) in [6.07, 6.45) is 0. The molecule has 25 heavy (non-hydrogen) atoms. The third kappa shape index (κ3) is 5.90. The number of amides is 2. The van der Waals surface area contributed by atoms with Gasteiger partial charge in [-0.3, -0.25) is 9.59 Å². The van der Waals surface area contributed by atoms with E-state index in [1.807, 2.05) is 13.8 Å². The molecule has 0 heterocycles. The van der Waals surface area contributed by atoms with Gasteiger partial charge in [0, 0.05) is 11.4 Å². The van der Waals surface area contributed by atoms with Crippen molar-refractivity contribution in [2.24, 2.45) is 5.92 Å². The lowest BCUT2D eigenvalue weighted by atomic mass is 10.1. The second kappa shape index (κ2) is 9.22. The minimum atomic E-state index is -0.353. The summed E-state index contributed by atoms with van der Waals surface area (Å²) in [6.45, 7) is 4.58. The second-order valence-electron chi connectivity index (χ2n) is 5.92. The summed E-state index contributed by atoms with van der Waals surface area (Å²) in [6, 6.07) is 13.1. The highest BCUT2D eigenvalue weighted by Gasteiger charge is 2.14. The van der Waals surface area contributed by atoms with Crippen LogP contribution in [0.3, 0.4) is 0 Å². The van der Waals surface area contributed by atoms with Crippen LogP contribution in [0.25, 0.3) is 0 Å². The topological polar surface area (TPSA) is 58.2 Å². The van der Waals surface area contributed by atoms with Crippen molar-refractivity contribution in [3.05, 3.63) is 59.9 Å². The summed E-state index contributed by atoms with van der Waals surface area (Å²) < 4.78 is 13.6.